The molecule has 1 atom stereocenters. The Morgan fingerprint density at radius 1 is 1.47 bits per heavy atom. The lowest BCUT2D eigenvalue weighted by molar-refractivity contribution is 0.751. The fourth-order valence-electron chi connectivity index (χ4n) is 2.30. The Morgan fingerprint density at radius 3 is 3.06 bits per heavy atom. The Bertz CT molecular complexity index is 534. The summed E-state index contributed by atoms with van der Waals surface area (Å²) in [4.78, 5) is 6.61. The lowest BCUT2D eigenvalue weighted by atomic mass is 10.3. The van der Waals surface area contributed by atoms with E-state index in [2.05, 4.69) is 27.0 Å². The quantitative estimate of drug-likeness (QED) is 0.802. The van der Waals surface area contributed by atoms with Crippen LogP contribution in [0, 0.1) is 0 Å². The van der Waals surface area contributed by atoms with E-state index >= 15 is 0 Å². The van der Waals surface area contributed by atoms with Crippen LogP contribution < -0.4 is 10.6 Å². The maximum Gasteiger partial charge on any atom is 0.203 e. The number of hydrogen-bond acceptors (Lipinski definition) is 5. The van der Waals surface area contributed by atoms with Crippen molar-refractivity contribution in [3.8, 4) is 0 Å². The monoisotopic (exact) mass is 232 g/mol. The highest BCUT2D eigenvalue weighted by molar-refractivity contribution is 5.64. The summed E-state index contributed by atoms with van der Waals surface area (Å²) in [7, 11) is 0. The summed E-state index contributed by atoms with van der Waals surface area (Å²) in [6.07, 6.45) is 5.59. The Labute approximate surface area is 99.5 Å². The van der Waals surface area contributed by atoms with Crippen LogP contribution >= 0.6 is 0 Å². The van der Waals surface area contributed by atoms with Crippen LogP contribution in [-0.2, 0) is 6.42 Å². The van der Waals surface area contributed by atoms with Crippen LogP contribution in [-0.4, -0.2) is 38.7 Å². The number of nitrogens with two attached hydrogens (primary N) is 1. The summed E-state index contributed by atoms with van der Waals surface area (Å²) < 4.78 is 2.01. The molecule has 1 saturated heterocycles. The molecule has 2 N–H and O–H groups in total. The second-order valence-electron chi connectivity index (χ2n) is 4.41. The summed E-state index contributed by atoms with van der Waals surface area (Å²) in [6.45, 7) is 3.87. The van der Waals surface area contributed by atoms with E-state index in [0.29, 0.717) is 0 Å². The molecule has 0 aliphatic carbocycles. The van der Waals surface area contributed by atoms with Gasteiger partial charge in [-0.2, -0.15) is 0 Å². The predicted octanol–water partition coefficient (Wildman–Crippen LogP) is 0.224. The maximum atomic E-state index is 5.93. The molecule has 17 heavy (non-hydrogen) atoms. The van der Waals surface area contributed by atoms with Crippen LogP contribution in [0.5, 0.6) is 0 Å². The fourth-order valence-corrected chi connectivity index (χ4v) is 2.30. The molecule has 3 heterocycles. The number of nitrogens with zero attached hydrogens (tertiary/aromatic N) is 5. The lowest BCUT2D eigenvalue weighted by Crippen LogP contribution is -2.27. The van der Waals surface area contributed by atoms with Gasteiger partial charge in [0.2, 0.25) is 5.65 Å². The molecule has 0 aromatic carbocycles. The van der Waals surface area contributed by atoms with E-state index in [1.165, 1.54) is 0 Å². The van der Waals surface area contributed by atoms with Crippen LogP contribution in [0.4, 0.5) is 5.82 Å². The van der Waals surface area contributed by atoms with Gasteiger partial charge >= 0.3 is 0 Å². The topological polar surface area (TPSA) is 72.3 Å². The molecule has 1 fully saturated rings. The Morgan fingerprint density at radius 2 is 2.35 bits per heavy atom. The van der Waals surface area contributed by atoms with Gasteiger partial charge in [-0.3, -0.25) is 4.40 Å². The molecule has 0 spiro atoms. The zero-order valence-electron chi connectivity index (χ0n) is 9.87. The van der Waals surface area contributed by atoms with Crippen LogP contribution in [0.1, 0.15) is 19.2 Å². The van der Waals surface area contributed by atoms with Crippen LogP contribution in [0.2, 0.25) is 0 Å². The zero-order valence-corrected chi connectivity index (χ0v) is 9.87. The first kappa shape index (κ1) is 10.5. The molecule has 0 saturated carbocycles. The molecule has 1 aliphatic heterocycles. The third kappa shape index (κ3) is 1.64. The van der Waals surface area contributed by atoms with Crippen molar-refractivity contribution in [2.45, 2.75) is 25.8 Å². The highest BCUT2D eigenvalue weighted by Gasteiger charge is 2.23. The van der Waals surface area contributed by atoms with Gasteiger partial charge in [-0.15, -0.1) is 10.2 Å². The molecule has 2 aromatic rings. The van der Waals surface area contributed by atoms with Crippen molar-refractivity contribution < 1.29 is 0 Å². The lowest BCUT2D eigenvalue weighted by Gasteiger charge is -2.16. The summed E-state index contributed by atoms with van der Waals surface area (Å²) in [5, 5.41) is 8.41. The van der Waals surface area contributed by atoms with Crippen molar-refractivity contribution in [1.29, 1.82) is 0 Å². The van der Waals surface area contributed by atoms with Gasteiger partial charge in [-0.25, -0.2) is 4.98 Å². The number of aryl methyl sites for hydroxylation is 1. The van der Waals surface area contributed by atoms with Gasteiger partial charge in [0, 0.05) is 37.9 Å². The minimum Gasteiger partial charge on any atom is -0.352 e. The summed E-state index contributed by atoms with van der Waals surface area (Å²) in [5.41, 5.74) is 6.76. The summed E-state index contributed by atoms with van der Waals surface area (Å²) >= 11 is 0. The number of anilines is 1. The first-order chi connectivity index (χ1) is 8.29. The van der Waals surface area contributed by atoms with Crippen molar-refractivity contribution in [3.05, 3.63) is 18.2 Å². The first-order valence-corrected chi connectivity index (χ1v) is 5.98. The predicted molar refractivity (Wildman–Crippen MR) is 65.0 cm³/mol. The third-order valence-corrected chi connectivity index (χ3v) is 3.22. The normalized spacial score (nSPS) is 20.4. The molecule has 0 radical (unpaired) electrons. The molecule has 1 aliphatic rings. The Hall–Kier alpha value is -1.69. The summed E-state index contributed by atoms with van der Waals surface area (Å²) in [6, 6.07) is 0.241. The molecule has 90 valence electrons. The molecular weight excluding hydrogens is 216 g/mol. The van der Waals surface area contributed by atoms with E-state index in [9.17, 15) is 0 Å². The van der Waals surface area contributed by atoms with Crippen molar-refractivity contribution in [3.63, 3.8) is 0 Å². The molecule has 6 heteroatoms. The van der Waals surface area contributed by atoms with Crippen molar-refractivity contribution >= 4 is 11.5 Å². The minimum absolute atomic E-state index is 0.241. The fraction of sp³-hybridized carbons (Fsp3) is 0.545. The second-order valence-corrected chi connectivity index (χ2v) is 4.41. The molecule has 0 bridgehead atoms. The molecular formula is C11H16N6. The van der Waals surface area contributed by atoms with E-state index in [1.807, 2.05) is 10.6 Å². The van der Waals surface area contributed by atoms with Crippen LogP contribution in [0.25, 0.3) is 5.65 Å². The SMILES string of the molecule is CCc1nnc2c(N3CCC(N)C3)nccn12. The molecule has 2 aromatic heterocycles. The number of rotatable bonds is 2. The van der Waals surface area contributed by atoms with Gasteiger partial charge in [-0.05, 0) is 6.42 Å². The van der Waals surface area contributed by atoms with Gasteiger partial charge in [-0.1, -0.05) is 6.92 Å². The van der Waals surface area contributed by atoms with Crippen molar-refractivity contribution in [2.24, 2.45) is 5.73 Å². The second kappa shape index (κ2) is 3.96. The highest BCUT2D eigenvalue weighted by Crippen LogP contribution is 2.21. The standard InChI is InChI=1S/C11H16N6/c1-2-9-14-15-11-10(13-4-6-17(9)11)16-5-3-8(12)7-16/h4,6,8H,2-3,5,7,12H2,1H3. The van der Waals surface area contributed by atoms with E-state index < -0.39 is 0 Å². The Kier molecular flexibility index (Phi) is 2.44. The van der Waals surface area contributed by atoms with E-state index in [1.54, 1.807) is 6.20 Å². The number of hydrogen-bond donors (Lipinski definition) is 1. The zero-order chi connectivity index (χ0) is 11.8. The van der Waals surface area contributed by atoms with Crippen LogP contribution in [0.3, 0.4) is 0 Å². The third-order valence-electron chi connectivity index (χ3n) is 3.22. The van der Waals surface area contributed by atoms with Crippen LogP contribution in [0.15, 0.2) is 12.4 Å². The van der Waals surface area contributed by atoms with Crippen molar-refractivity contribution in [1.82, 2.24) is 19.6 Å². The van der Waals surface area contributed by atoms with E-state index in [0.717, 1.165) is 43.2 Å². The largest absolute Gasteiger partial charge is 0.352 e. The highest BCUT2D eigenvalue weighted by atomic mass is 15.3. The number of aromatic nitrogens is 4. The average molecular weight is 232 g/mol. The van der Waals surface area contributed by atoms with E-state index in [4.69, 9.17) is 5.73 Å². The molecule has 0 amide bonds. The average Bonchev–Trinajstić information content (AvgIpc) is 2.94. The molecule has 1 unspecified atom stereocenters. The molecule has 3 rings (SSSR count). The van der Waals surface area contributed by atoms with Gasteiger partial charge in [0.15, 0.2) is 5.82 Å². The van der Waals surface area contributed by atoms with Gasteiger partial charge in [0.05, 0.1) is 0 Å². The smallest absolute Gasteiger partial charge is 0.203 e. The van der Waals surface area contributed by atoms with E-state index in [-0.39, 0.29) is 6.04 Å². The Balaban J connectivity index is 2.07. The van der Waals surface area contributed by atoms with Gasteiger partial charge < -0.3 is 10.6 Å². The summed E-state index contributed by atoms with van der Waals surface area (Å²) in [5.74, 6) is 1.86. The van der Waals surface area contributed by atoms with Gasteiger partial charge in [0.25, 0.3) is 0 Å². The van der Waals surface area contributed by atoms with Crippen molar-refractivity contribution in [2.75, 3.05) is 18.0 Å². The number of fused-ring (bicyclic) bond motifs is 1. The first-order valence-electron chi connectivity index (χ1n) is 5.98. The maximum absolute atomic E-state index is 5.93. The minimum atomic E-state index is 0.241. The molecule has 6 nitrogen and oxygen atoms in total. The van der Waals surface area contributed by atoms with Gasteiger partial charge in [0.1, 0.15) is 5.82 Å².